The van der Waals surface area contributed by atoms with Gasteiger partial charge in [0.05, 0.1) is 0 Å². The zero-order valence-electron chi connectivity index (χ0n) is 18.4. The maximum Gasteiger partial charge on any atom is -1.00 e. The van der Waals surface area contributed by atoms with E-state index >= 15 is 0 Å². The van der Waals surface area contributed by atoms with Gasteiger partial charge in [0.2, 0.25) is 0 Å². The molecule has 0 radical (unpaired) electrons. The van der Waals surface area contributed by atoms with Gasteiger partial charge in [0.15, 0.2) is 0 Å². The van der Waals surface area contributed by atoms with Gasteiger partial charge in [0.1, 0.15) is 0 Å². The summed E-state index contributed by atoms with van der Waals surface area (Å²) in [6, 6.07) is 0. The Hall–Kier alpha value is 0.532. The van der Waals surface area contributed by atoms with E-state index in [4.69, 9.17) is 0 Å². The first-order valence-corrected chi connectivity index (χ1v) is 12.5. The van der Waals surface area contributed by atoms with Crippen LogP contribution in [-0.2, 0) is 0 Å². The third-order valence-electron chi connectivity index (χ3n) is 6.05. The first-order chi connectivity index (χ1) is 11.0. The van der Waals surface area contributed by atoms with Crippen LogP contribution in [0.1, 0.15) is 107 Å². The summed E-state index contributed by atoms with van der Waals surface area (Å²) in [5.41, 5.74) is 0. The van der Waals surface area contributed by atoms with E-state index in [-0.39, 0.29) is 1.43 Å². The first kappa shape index (κ1) is 23.5. The van der Waals surface area contributed by atoms with Crippen molar-refractivity contribution in [3.05, 3.63) is 0 Å². The summed E-state index contributed by atoms with van der Waals surface area (Å²) in [5, 5.41) is 3.06. The molecular formula is C22H47Al. The van der Waals surface area contributed by atoms with Gasteiger partial charge in [0.25, 0.3) is 0 Å². The van der Waals surface area contributed by atoms with Crippen LogP contribution in [0.15, 0.2) is 0 Å². The van der Waals surface area contributed by atoms with Crippen molar-refractivity contribution >= 4 is 15.2 Å². The van der Waals surface area contributed by atoms with Crippen LogP contribution in [-0.4, -0.2) is 15.2 Å². The zero-order chi connectivity index (χ0) is 17.5. The van der Waals surface area contributed by atoms with E-state index in [1.807, 2.05) is 0 Å². The second-order valence-electron chi connectivity index (χ2n) is 8.37. The van der Waals surface area contributed by atoms with Crippen molar-refractivity contribution in [2.45, 2.75) is 116 Å². The Morgan fingerprint density at radius 3 is 1.30 bits per heavy atom. The molecule has 0 saturated carbocycles. The van der Waals surface area contributed by atoms with Gasteiger partial charge in [-0.1, -0.05) is 0 Å². The van der Waals surface area contributed by atoms with Crippen LogP contribution >= 0.6 is 0 Å². The summed E-state index contributed by atoms with van der Waals surface area (Å²) in [6.45, 7) is 14.6. The number of hydrogen-bond donors (Lipinski definition) is 0. The van der Waals surface area contributed by atoms with Crippen LogP contribution in [0.25, 0.3) is 0 Å². The van der Waals surface area contributed by atoms with Gasteiger partial charge in [-0.3, -0.25) is 0 Å². The zero-order valence-corrected chi connectivity index (χ0v) is 18.5. The average Bonchev–Trinajstić information content (AvgIpc) is 2.54. The van der Waals surface area contributed by atoms with E-state index in [0.29, 0.717) is 15.2 Å². The second-order valence-corrected chi connectivity index (χ2v) is 9.89. The Morgan fingerprint density at radius 2 is 0.957 bits per heavy atom. The van der Waals surface area contributed by atoms with Gasteiger partial charge in [-0.05, 0) is 0 Å². The molecule has 0 spiro atoms. The fourth-order valence-electron chi connectivity index (χ4n) is 3.44. The molecule has 0 aliphatic carbocycles. The summed E-state index contributed by atoms with van der Waals surface area (Å²) in [6.07, 6.45) is 14.3. The molecule has 0 nitrogen and oxygen atoms in total. The molecule has 0 fully saturated rings. The SMILES string of the molecule is CCCCCCC(C)C(C)[CH2][Al+][CH2]C(C)C(C)CCCCCC.[H-]. The molecule has 0 aliphatic heterocycles. The molecule has 0 saturated heterocycles. The third-order valence-corrected chi connectivity index (χ3v) is 8.20. The van der Waals surface area contributed by atoms with Gasteiger partial charge < -0.3 is 1.43 Å². The molecule has 0 aromatic rings. The van der Waals surface area contributed by atoms with Crippen molar-refractivity contribution in [1.29, 1.82) is 0 Å². The number of hydrogen-bond acceptors (Lipinski definition) is 0. The van der Waals surface area contributed by atoms with Gasteiger partial charge in [-0.2, -0.15) is 0 Å². The molecule has 0 heterocycles. The predicted octanol–water partition coefficient (Wildman–Crippen LogP) is 8.12. The molecular weight excluding hydrogens is 291 g/mol. The molecule has 0 aliphatic rings. The molecule has 0 amide bonds. The van der Waals surface area contributed by atoms with E-state index in [9.17, 15) is 0 Å². The van der Waals surface area contributed by atoms with Gasteiger partial charge in [-0.25, -0.2) is 0 Å². The predicted molar refractivity (Wildman–Crippen MR) is 111 cm³/mol. The fraction of sp³-hybridized carbons (Fsp3) is 1.00. The summed E-state index contributed by atoms with van der Waals surface area (Å²) < 4.78 is 0. The standard InChI is InChI=1S/2C11H23.Al.H/c2*1-5-6-7-8-9-11(4)10(2)3;;/h2*10-11H,2,5-9H2,1,3-4H3;;/q;;+1;-1. The molecule has 1 heteroatoms. The molecule has 4 atom stereocenters. The summed E-state index contributed by atoms with van der Waals surface area (Å²) in [5.74, 6) is 3.81. The van der Waals surface area contributed by atoms with Crippen LogP contribution in [0.4, 0.5) is 0 Å². The van der Waals surface area contributed by atoms with E-state index in [0.717, 1.165) is 23.7 Å². The minimum atomic E-state index is 0. The largest absolute Gasteiger partial charge is 1.00 e. The first-order valence-electron chi connectivity index (χ1n) is 10.8. The molecule has 4 unspecified atom stereocenters. The van der Waals surface area contributed by atoms with Gasteiger partial charge in [-0.15, -0.1) is 0 Å². The molecule has 0 bridgehead atoms. The maximum absolute atomic E-state index is 2.51. The van der Waals surface area contributed by atoms with Crippen LogP contribution in [0.5, 0.6) is 0 Å². The molecule has 23 heavy (non-hydrogen) atoms. The molecule has 0 aromatic heterocycles. The Kier molecular flexibility index (Phi) is 16.4. The summed E-state index contributed by atoms with van der Waals surface area (Å²) >= 11 is 0.677. The molecule has 0 aromatic carbocycles. The van der Waals surface area contributed by atoms with Crippen molar-refractivity contribution in [2.24, 2.45) is 23.7 Å². The Morgan fingerprint density at radius 1 is 0.565 bits per heavy atom. The smallest absolute Gasteiger partial charge is 1.00 e. The topological polar surface area (TPSA) is 0 Å². The minimum absolute atomic E-state index is 0. The second kappa shape index (κ2) is 16.0. The minimum Gasteiger partial charge on any atom is -1.00 e. The van der Waals surface area contributed by atoms with Crippen LogP contribution < -0.4 is 0 Å². The van der Waals surface area contributed by atoms with Crippen molar-refractivity contribution in [2.75, 3.05) is 0 Å². The quantitative estimate of drug-likeness (QED) is 0.197. The average molecular weight is 339 g/mol. The molecule has 0 N–H and O–H groups in total. The van der Waals surface area contributed by atoms with Crippen molar-refractivity contribution < 1.29 is 1.43 Å². The van der Waals surface area contributed by atoms with Gasteiger partial charge in [0, 0.05) is 0 Å². The normalized spacial score (nSPS) is 16.6. The van der Waals surface area contributed by atoms with Crippen molar-refractivity contribution in [3.63, 3.8) is 0 Å². The van der Waals surface area contributed by atoms with Crippen LogP contribution in [0.3, 0.4) is 0 Å². The summed E-state index contributed by atoms with van der Waals surface area (Å²) in [4.78, 5) is 0. The van der Waals surface area contributed by atoms with Gasteiger partial charge >= 0.3 is 155 Å². The van der Waals surface area contributed by atoms with E-state index in [1.54, 1.807) is 0 Å². The number of rotatable bonds is 16. The van der Waals surface area contributed by atoms with E-state index < -0.39 is 0 Å². The van der Waals surface area contributed by atoms with E-state index in [2.05, 4.69) is 41.5 Å². The maximum atomic E-state index is 2.51. The van der Waals surface area contributed by atoms with Crippen molar-refractivity contribution in [3.8, 4) is 0 Å². The monoisotopic (exact) mass is 338 g/mol. The van der Waals surface area contributed by atoms with Crippen LogP contribution in [0, 0.1) is 23.7 Å². The fourth-order valence-corrected chi connectivity index (χ4v) is 5.62. The number of unbranched alkanes of at least 4 members (excludes halogenated alkanes) is 6. The molecule has 0 rings (SSSR count). The molecule has 138 valence electrons. The van der Waals surface area contributed by atoms with E-state index in [1.165, 1.54) is 74.8 Å². The Labute approximate surface area is 156 Å². The van der Waals surface area contributed by atoms with Crippen LogP contribution in [0.2, 0.25) is 10.6 Å². The summed E-state index contributed by atoms with van der Waals surface area (Å²) in [7, 11) is 0. The Balaban J connectivity index is 0. The Bertz CT molecular complexity index is 220. The third kappa shape index (κ3) is 13.5. The van der Waals surface area contributed by atoms with Crippen molar-refractivity contribution in [1.82, 2.24) is 0 Å².